The quantitative estimate of drug-likeness (QED) is 0.267. The lowest BCUT2D eigenvalue weighted by molar-refractivity contribution is -0.136. The normalized spacial score (nSPS) is 9.53. The fourth-order valence-electron chi connectivity index (χ4n) is 1.13. The zero-order valence-corrected chi connectivity index (χ0v) is 8.63. The third-order valence-corrected chi connectivity index (χ3v) is 2.19. The fourth-order valence-corrected chi connectivity index (χ4v) is 1.13. The Balaban J connectivity index is 2.86. The standard InChI is InChI=1S/C10H13N3O2/c1-6-4-3-5-8(7(6)2)12-9(14)10(15)13-11/h3-5H,11H2,1-2H3,(H,12,14)(H,13,15). The lowest BCUT2D eigenvalue weighted by atomic mass is 10.1. The second-order valence-electron chi connectivity index (χ2n) is 3.18. The topological polar surface area (TPSA) is 84.2 Å². The number of carbonyl (C=O) groups is 2. The number of rotatable bonds is 1. The summed E-state index contributed by atoms with van der Waals surface area (Å²) in [4.78, 5) is 22.1. The van der Waals surface area contributed by atoms with Gasteiger partial charge in [-0.15, -0.1) is 0 Å². The van der Waals surface area contributed by atoms with Gasteiger partial charge in [-0.3, -0.25) is 15.0 Å². The lowest BCUT2D eigenvalue weighted by Gasteiger charge is -2.09. The minimum atomic E-state index is -0.865. The van der Waals surface area contributed by atoms with Crippen molar-refractivity contribution < 1.29 is 9.59 Å². The van der Waals surface area contributed by atoms with E-state index in [9.17, 15) is 9.59 Å². The molecule has 0 aromatic heterocycles. The second kappa shape index (κ2) is 4.56. The van der Waals surface area contributed by atoms with E-state index in [1.165, 1.54) is 0 Å². The largest absolute Gasteiger partial charge is 0.323 e. The van der Waals surface area contributed by atoms with E-state index in [2.05, 4.69) is 5.32 Å². The van der Waals surface area contributed by atoms with Crippen LogP contribution in [0.5, 0.6) is 0 Å². The first-order chi connectivity index (χ1) is 7.06. The average molecular weight is 207 g/mol. The molecule has 1 aromatic rings. The van der Waals surface area contributed by atoms with E-state index < -0.39 is 11.8 Å². The zero-order chi connectivity index (χ0) is 11.4. The third-order valence-electron chi connectivity index (χ3n) is 2.19. The van der Waals surface area contributed by atoms with Gasteiger partial charge in [-0.25, -0.2) is 5.84 Å². The minimum absolute atomic E-state index is 0.614. The molecule has 1 rings (SSSR count). The predicted molar refractivity (Wildman–Crippen MR) is 56.9 cm³/mol. The number of amides is 2. The third kappa shape index (κ3) is 2.54. The Hall–Kier alpha value is -1.88. The molecule has 15 heavy (non-hydrogen) atoms. The fraction of sp³-hybridized carbons (Fsp3) is 0.200. The van der Waals surface area contributed by atoms with Gasteiger partial charge in [-0.1, -0.05) is 12.1 Å². The molecule has 0 aliphatic rings. The van der Waals surface area contributed by atoms with Crippen LogP contribution in [0.4, 0.5) is 5.69 Å². The average Bonchev–Trinajstić information content (AvgIpc) is 2.23. The smallest absolute Gasteiger partial charge is 0.317 e. The highest BCUT2D eigenvalue weighted by atomic mass is 16.2. The van der Waals surface area contributed by atoms with Crippen LogP contribution in [-0.4, -0.2) is 11.8 Å². The number of nitrogens with two attached hydrogens (primary N) is 1. The Morgan fingerprint density at radius 2 is 1.87 bits per heavy atom. The first-order valence-electron chi connectivity index (χ1n) is 4.44. The highest BCUT2D eigenvalue weighted by molar-refractivity contribution is 6.39. The van der Waals surface area contributed by atoms with Crippen LogP contribution in [0.2, 0.25) is 0 Å². The van der Waals surface area contributed by atoms with Crippen LogP contribution in [0, 0.1) is 13.8 Å². The molecule has 0 aliphatic heterocycles. The number of hydrogen-bond donors (Lipinski definition) is 3. The van der Waals surface area contributed by atoms with E-state index in [0.29, 0.717) is 5.69 Å². The zero-order valence-electron chi connectivity index (χ0n) is 8.63. The van der Waals surface area contributed by atoms with Gasteiger partial charge in [0, 0.05) is 5.69 Å². The van der Waals surface area contributed by atoms with Crippen molar-refractivity contribution in [2.24, 2.45) is 5.84 Å². The van der Waals surface area contributed by atoms with Gasteiger partial charge in [0.15, 0.2) is 0 Å². The molecule has 0 saturated heterocycles. The molecule has 0 heterocycles. The summed E-state index contributed by atoms with van der Waals surface area (Å²) in [6.45, 7) is 3.79. The summed E-state index contributed by atoms with van der Waals surface area (Å²) >= 11 is 0. The maximum Gasteiger partial charge on any atom is 0.323 e. The molecule has 1 aromatic carbocycles. The predicted octanol–water partition coefficient (Wildman–Crippen LogP) is 0.232. The number of aryl methyl sites for hydroxylation is 1. The Kier molecular flexibility index (Phi) is 3.41. The van der Waals surface area contributed by atoms with Crippen LogP contribution in [-0.2, 0) is 9.59 Å². The van der Waals surface area contributed by atoms with E-state index in [0.717, 1.165) is 11.1 Å². The van der Waals surface area contributed by atoms with Gasteiger partial charge < -0.3 is 5.32 Å². The van der Waals surface area contributed by atoms with E-state index in [1.54, 1.807) is 17.6 Å². The molecule has 80 valence electrons. The van der Waals surface area contributed by atoms with E-state index in [1.807, 2.05) is 19.9 Å². The van der Waals surface area contributed by atoms with Crippen molar-refractivity contribution in [3.63, 3.8) is 0 Å². The highest BCUT2D eigenvalue weighted by Crippen LogP contribution is 2.17. The van der Waals surface area contributed by atoms with Crippen molar-refractivity contribution in [3.05, 3.63) is 29.3 Å². The van der Waals surface area contributed by atoms with Gasteiger partial charge in [-0.2, -0.15) is 0 Å². The SMILES string of the molecule is Cc1cccc(NC(=O)C(=O)NN)c1C. The molecule has 0 fully saturated rings. The Labute approximate surface area is 87.6 Å². The first kappa shape index (κ1) is 11.2. The van der Waals surface area contributed by atoms with Crippen LogP contribution < -0.4 is 16.6 Å². The molecule has 2 amide bonds. The van der Waals surface area contributed by atoms with Crippen molar-refractivity contribution in [2.75, 3.05) is 5.32 Å². The molecule has 0 aliphatic carbocycles. The molecule has 5 nitrogen and oxygen atoms in total. The van der Waals surface area contributed by atoms with E-state index in [-0.39, 0.29) is 0 Å². The van der Waals surface area contributed by atoms with Crippen LogP contribution in [0.3, 0.4) is 0 Å². The summed E-state index contributed by atoms with van der Waals surface area (Å²) in [5.41, 5.74) is 4.35. The number of carbonyl (C=O) groups excluding carboxylic acids is 2. The molecular formula is C10H13N3O2. The molecule has 5 heteroatoms. The summed E-state index contributed by atoms with van der Waals surface area (Å²) in [6, 6.07) is 5.45. The Morgan fingerprint density at radius 1 is 1.20 bits per heavy atom. The highest BCUT2D eigenvalue weighted by Gasteiger charge is 2.12. The molecule has 0 radical (unpaired) electrons. The molecular weight excluding hydrogens is 194 g/mol. The Bertz CT molecular complexity index is 402. The molecule has 4 N–H and O–H groups in total. The number of nitrogens with one attached hydrogen (secondary N) is 2. The maximum atomic E-state index is 11.2. The second-order valence-corrected chi connectivity index (χ2v) is 3.18. The van der Waals surface area contributed by atoms with Crippen LogP contribution >= 0.6 is 0 Å². The summed E-state index contributed by atoms with van der Waals surface area (Å²) < 4.78 is 0. The van der Waals surface area contributed by atoms with Crippen molar-refractivity contribution in [2.45, 2.75) is 13.8 Å². The lowest BCUT2D eigenvalue weighted by Crippen LogP contribution is -2.39. The molecule has 0 saturated carbocycles. The molecule has 0 bridgehead atoms. The summed E-state index contributed by atoms with van der Waals surface area (Å²) in [5, 5.41) is 2.47. The number of hydrogen-bond acceptors (Lipinski definition) is 3. The van der Waals surface area contributed by atoms with Crippen LogP contribution in [0.25, 0.3) is 0 Å². The summed E-state index contributed by atoms with van der Waals surface area (Å²) in [5.74, 6) is 3.20. The molecule has 0 spiro atoms. The van der Waals surface area contributed by atoms with E-state index >= 15 is 0 Å². The minimum Gasteiger partial charge on any atom is -0.317 e. The number of benzene rings is 1. The van der Waals surface area contributed by atoms with Gasteiger partial charge in [0.25, 0.3) is 0 Å². The monoisotopic (exact) mass is 207 g/mol. The van der Waals surface area contributed by atoms with Gasteiger partial charge in [-0.05, 0) is 31.0 Å². The van der Waals surface area contributed by atoms with Gasteiger partial charge in [0.2, 0.25) is 0 Å². The first-order valence-corrected chi connectivity index (χ1v) is 4.44. The van der Waals surface area contributed by atoms with Crippen molar-refractivity contribution in [3.8, 4) is 0 Å². The Morgan fingerprint density at radius 3 is 2.47 bits per heavy atom. The summed E-state index contributed by atoms with van der Waals surface area (Å²) in [6.07, 6.45) is 0. The van der Waals surface area contributed by atoms with Gasteiger partial charge in [0.1, 0.15) is 0 Å². The maximum absolute atomic E-state index is 11.2. The number of anilines is 1. The molecule has 0 unspecified atom stereocenters. The van der Waals surface area contributed by atoms with Gasteiger partial charge in [0.05, 0.1) is 0 Å². The van der Waals surface area contributed by atoms with Crippen molar-refractivity contribution >= 4 is 17.5 Å². The summed E-state index contributed by atoms with van der Waals surface area (Å²) in [7, 11) is 0. The van der Waals surface area contributed by atoms with Crippen molar-refractivity contribution in [1.82, 2.24) is 5.43 Å². The van der Waals surface area contributed by atoms with Crippen LogP contribution in [0.15, 0.2) is 18.2 Å². The molecule has 0 atom stereocenters. The van der Waals surface area contributed by atoms with Gasteiger partial charge >= 0.3 is 11.8 Å². The van der Waals surface area contributed by atoms with E-state index in [4.69, 9.17) is 5.84 Å². The van der Waals surface area contributed by atoms with Crippen molar-refractivity contribution in [1.29, 1.82) is 0 Å². The number of hydrazine groups is 1. The van der Waals surface area contributed by atoms with Crippen LogP contribution in [0.1, 0.15) is 11.1 Å².